The number of amides is 3. The van der Waals surface area contributed by atoms with Crippen molar-refractivity contribution < 1.29 is 14.5 Å². The summed E-state index contributed by atoms with van der Waals surface area (Å²) in [4.78, 5) is 40.7. The molecule has 3 heterocycles. The van der Waals surface area contributed by atoms with E-state index >= 15 is 0 Å². The molecule has 2 aliphatic rings. The van der Waals surface area contributed by atoms with Crippen molar-refractivity contribution in [2.75, 3.05) is 31.5 Å². The summed E-state index contributed by atoms with van der Waals surface area (Å²) < 4.78 is 1.31. The SMILES string of the molecule is Cc1nn(C)c(C(=O)N2CCC3(CCN(C(=O)Nc4cccc5ccccc45)CC3)C2)c1[N+](=O)[O-]. The zero-order valence-corrected chi connectivity index (χ0v) is 19.9. The lowest BCUT2D eigenvalue weighted by molar-refractivity contribution is -0.385. The van der Waals surface area contributed by atoms with Crippen LogP contribution >= 0.6 is 0 Å². The molecule has 1 aromatic heterocycles. The van der Waals surface area contributed by atoms with Crippen LogP contribution in [0.3, 0.4) is 0 Å². The zero-order valence-electron chi connectivity index (χ0n) is 19.9. The number of carbonyl (C=O) groups is 2. The Labute approximate surface area is 202 Å². The number of nitrogens with zero attached hydrogens (tertiary/aromatic N) is 5. The number of nitro groups is 1. The van der Waals surface area contributed by atoms with Crippen molar-refractivity contribution in [3.05, 3.63) is 64.0 Å². The van der Waals surface area contributed by atoms with Crippen LogP contribution in [-0.4, -0.2) is 62.6 Å². The van der Waals surface area contributed by atoms with Crippen LogP contribution in [0.1, 0.15) is 35.4 Å². The topological polar surface area (TPSA) is 114 Å². The van der Waals surface area contributed by atoms with Crippen LogP contribution in [0.2, 0.25) is 0 Å². The number of benzene rings is 2. The molecule has 5 rings (SSSR count). The Morgan fingerprint density at radius 2 is 1.69 bits per heavy atom. The number of carbonyl (C=O) groups excluding carboxylic acids is 2. The van der Waals surface area contributed by atoms with Crippen molar-refractivity contribution in [1.29, 1.82) is 0 Å². The van der Waals surface area contributed by atoms with E-state index in [1.165, 1.54) is 4.68 Å². The number of hydrogen-bond acceptors (Lipinski definition) is 5. The fourth-order valence-electron chi connectivity index (χ4n) is 5.48. The second-order valence-electron chi connectivity index (χ2n) is 9.58. The molecule has 3 aromatic rings. The molecule has 3 amide bonds. The molecule has 2 saturated heterocycles. The fourth-order valence-corrected chi connectivity index (χ4v) is 5.48. The van der Waals surface area contributed by atoms with Gasteiger partial charge in [-0.05, 0) is 43.1 Å². The quantitative estimate of drug-likeness (QED) is 0.454. The minimum Gasteiger partial charge on any atom is -0.337 e. The van der Waals surface area contributed by atoms with Crippen molar-refractivity contribution in [1.82, 2.24) is 19.6 Å². The van der Waals surface area contributed by atoms with Crippen LogP contribution in [0.15, 0.2) is 42.5 Å². The highest BCUT2D eigenvalue weighted by Gasteiger charge is 2.44. The highest BCUT2D eigenvalue weighted by Crippen LogP contribution is 2.41. The van der Waals surface area contributed by atoms with Gasteiger partial charge >= 0.3 is 11.7 Å². The number of likely N-dealkylation sites (tertiary alicyclic amines) is 2. The molecule has 0 radical (unpaired) electrons. The molecule has 0 saturated carbocycles. The van der Waals surface area contributed by atoms with E-state index < -0.39 is 4.92 Å². The van der Waals surface area contributed by atoms with Gasteiger partial charge in [-0.15, -0.1) is 0 Å². The summed E-state index contributed by atoms with van der Waals surface area (Å²) >= 11 is 0. The first-order valence-electron chi connectivity index (χ1n) is 11.8. The van der Waals surface area contributed by atoms with Gasteiger partial charge in [-0.25, -0.2) is 4.79 Å². The molecule has 0 unspecified atom stereocenters. The highest BCUT2D eigenvalue weighted by atomic mass is 16.6. The van der Waals surface area contributed by atoms with Gasteiger partial charge in [0.15, 0.2) is 0 Å². The number of aromatic nitrogens is 2. The lowest BCUT2D eigenvalue weighted by Crippen LogP contribution is -2.46. The molecule has 2 fully saturated rings. The van der Waals surface area contributed by atoms with Gasteiger partial charge in [0, 0.05) is 38.6 Å². The maximum absolute atomic E-state index is 13.2. The molecule has 0 atom stereocenters. The Morgan fingerprint density at radius 3 is 2.40 bits per heavy atom. The van der Waals surface area contributed by atoms with E-state index in [0.29, 0.717) is 26.2 Å². The minimum absolute atomic E-state index is 0.0245. The Bertz CT molecular complexity index is 1320. The van der Waals surface area contributed by atoms with Crippen LogP contribution in [0.4, 0.5) is 16.2 Å². The molecule has 2 aromatic carbocycles. The zero-order chi connectivity index (χ0) is 24.7. The average molecular weight is 477 g/mol. The van der Waals surface area contributed by atoms with Crippen LogP contribution < -0.4 is 5.32 Å². The van der Waals surface area contributed by atoms with E-state index in [1.807, 2.05) is 47.4 Å². The maximum atomic E-state index is 13.2. The summed E-state index contributed by atoms with van der Waals surface area (Å²) in [6.07, 6.45) is 2.39. The number of anilines is 1. The smallest absolute Gasteiger partial charge is 0.322 e. The van der Waals surface area contributed by atoms with Crippen LogP contribution in [0.5, 0.6) is 0 Å². The number of aryl methyl sites for hydroxylation is 2. The van der Waals surface area contributed by atoms with Crippen molar-refractivity contribution in [3.8, 4) is 0 Å². The van der Waals surface area contributed by atoms with Gasteiger partial charge in [0.25, 0.3) is 5.91 Å². The van der Waals surface area contributed by atoms with Gasteiger partial charge in [-0.2, -0.15) is 5.10 Å². The molecule has 0 aliphatic carbocycles. The highest BCUT2D eigenvalue weighted by molar-refractivity contribution is 6.01. The van der Waals surface area contributed by atoms with Gasteiger partial charge in [-0.1, -0.05) is 36.4 Å². The molecular weight excluding hydrogens is 448 g/mol. The molecule has 10 heteroatoms. The molecule has 182 valence electrons. The van der Waals surface area contributed by atoms with Gasteiger partial charge in [0.2, 0.25) is 5.69 Å². The summed E-state index contributed by atoms with van der Waals surface area (Å²) in [5.74, 6) is -0.354. The summed E-state index contributed by atoms with van der Waals surface area (Å²) in [7, 11) is 1.56. The largest absolute Gasteiger partial charge is 0.337 e. The van der Waals surface area contributed by atoms with Gasteiger partial charge in [0.05, 0.1) is 10.6 Å². The van der Waals surface area contributed by atoms with E-state index in [2.05, 4.69) is 10.4 Å². The molecular formula is C25H28N6O4. The minimum atomic E-state index is -0.533. The molecule has 0 bridgehead atoms. The van der Waals surface area contributed by atoms with Gasteiger partial charge in [-0.3, -0.25) is 19.6 Å². The number of nitrogens with one attached hydrogen (secondary N) is 1. The standard InChI is InChI=1S/C25H28N6O4/c1-17-21(31(34)35)22(28(2)27-17)23(32)30-15-12-25(16-30)10-13-29(14-11-25)24(33)26-20-9-5-7-18-6-3-4-8-19(18)20/h3-9H,10-16H2,1-2H3,(H,26,33). The van der Waals surface area contributed by atoms with E-state index in [1.54, 1.807) is 18.9 Å². The molecule has 10 nitrogen and oxygen atoms in total. The Balaban J connectivity index is 1.23. The molecule has 1 spiro atoms. The first-order valence-corrected chi connectivity index (χ1v) is 11.8. The Hall–Kier alpha value is -3.95. The second-order valence-corrected chi connectivity index (χ2v) is 9.58. The van der Waals surface area contributed by atoms with Crippen molar-refractivity contribution in [2.45, 2.75) is 26.2 Å². The maximum Gasteiger partial charge on any atom is 0.322 e. The molecule has 1 N–H and O–H groups in total. The number of piperidine rings is 1. The van der Waals surface area contributed by atoms with E-state index in [-0.39, 0.29) is 34.4 Å². The van der Waals surface area contributed by atoms with Gasteiger partial charge in [0.1, 0.15) is 5.69 Å². The summed E-state index contributed by atoms with van der Waals surface area (Å²) in [5, 5.41) is 20.7. The fraction of sp³-hybridized carbons (Fsp3) is 0.400. The van der Waals surface area contributed by atoms with Gasteiger partial charge < -0.3 is 15.1 Å². The summed E-state index contributed by atoms with van der Waals surface area (Å²) in [6.45, 7) is 3.82. The Kier molecular flexibility index (Phi) is 5.66. The van der Waals surface area contributed by atoms with E-state index in [0.717, 1.165) is 35.7 Å². The number of urea groups is 1. The third-order valence-corrected chi connectivity index (χ3v) is 7.44. The average Bonchev–Trinajstić information content (AvgIpc) is 3.39. The summed E-state index contributed by atoms with van der Waals surface area (Å²) in [5.41, 5.74) is 0.753. The number of hydrogen-bond donors (Lipinski definition) is 1. The number of fused-ring (bicyclic) bond motifs is 1. The first-order chi connectivity index (χ1) is 16.8. The summed E-state index contributed by atoms with van der Waals surface area (Å²) in [6, 6.07) is 13.7. The lowest BCUT2D eigenvalue weighted by Gasteiger charge is -2.39. The molecule has 35 heavy (non-hydrogen) atoms. The third kappa shape index (κ3) is 4.09. The predicted octanol–water partition coefficient (Wildman–Crippen LogP) is 3.95. The second kappa shape index (κ2) is 8.68. The van der Waals surface area contributed by atoms with Crippen molar-refractivity contribution >= 4 is 34.1 Å². The monoisotopic (exact) mass is 476 g/mol. The van der Waals surface area contributed by atoms with Crippen molar-refractivity contribution in [3.63, 3.8) is 0 Å². The first kappa shape index (κ1) is 22.8. The van der Waals surface area contributed by atoms with E-state index in [9.17, 15) is 19.7 Å². The van der Waals surface area contributed by atoms with Crippen LogP contribution in [-0.2, 0) is 7.05 Å². The van der Waals surface area contributed by atoms with Crippen LogP contribution in [0, 0.1) is 22.5 Å². The Morgan fingerprint density at radius 1 is 1.03 bits per heavy atom. The predicted molar refractivity (Wildman–Crippen MR) is 131 cm³/mol. The number of rotatable bonds is 3. The van der Waals surface area contributed by atoms with Crippen LogP contribution in [0.25, 0.3) is 10.8 Å². The third-order valence-electron chi connectivity index (χ3n) is 7.44. The normalized spacial score (nSPS) is 17.2. The van der Waals surface area contributed by atoms with E-state index in [4.69, 9.17) is 0 Å². The molecule has 2 aliphatic heterocycles. The van der Waals surface area contributed by atoms with Crippen molar-refractivity contribution in [2.24, 2.45) is 12.5 Å². The lowest BCUT2D eigenvalue weighted by atomic mass is 9.78.